The number of pyridine rings is 1. The van der Waals surface area contributed by atoms with Crippen molar-refractivity contribution in [2.45, 2.75) is 33.2 Å². The Kier molecular flexibility index (Phi) is 5.03. The molecule has 3 heterocycles. The molecule has 3 aromatic rings. The summed E-state index contributed by atoms with van der Waals surface area (Å²) in [4.78, 5) is 16.4. The Hall–Kier alpha value is -2.81. The number of anilines is 2. The topological polar surface area (TPSA) is 106 Å². The van der Waals surface area contributed by atoms with E-state index in [1.54, 1.807) is 17.6 Å². The van der Waals surface area contributed by atoms with Gasteiger partial charge in [0.05, 0.1) is 11.3 Å². The van der Waals surface area contributed by atoms with Gasteiger partial charge in [-0.3, -0.25) is 10.1 Å². The number of hydrogen-bond acceptors (Lipinski definition) is 8. The first kappa shape index (κ1) is 17.0. The number of amides is 1. The minimum absolute atomic E-state index is 0.144. The van der Waals surface area contributed by atoms with E-state index in [-0.39, 0.29) is 11.9 Å². The number of carbonyl (C=O) groups is 1. The van der Waals surface area contributed by atoms with Crippen LogP contribution in [0.5, 0.6) is 0 Å². The van der Waals surface area contributed by atoms with Gasteiger partial charge < -0.3 is 9.84 Å². The van der Waals surface area contributed by atoms with Crippen LogP contribution in [0.15, 0.2) is 28.4 Å². The smallest absolute Gasteiger partial charge is 0.259 e. The summed E-state index contributed by atoms with van der Waals surface area (Å²) in [6.45, 7) is 5.90. The first-order chi connectivity index (χ1) is 12.0. The summed E-state index contributed by atoms with van der Waals surface area (Å²) in [6, 6.07) is 3.64. The molecule has 0 bridgehead atoms. The zero-order valence-electron chi connectivity index (χ0n) is 14.1. The molecule has 1 amide bonds. The van der Waals surface area contributed by atoms with Crippen LogP contribution >= 0.6 is 11.3 Å². The summed E-state index contributed by atoms with van der Waals surface area (Å²) >= 11 is 1.26. The van der Waals surface area contributed by atoms with Crippen LogP contribution in [0.1, 0.15) is 34.3 Å². The third kappa shape index (κ3) is 4.18. The SMILES string of the molecule is Cc1noc(C)c1CC(C)Nc1ccc(C(=O)Nc2nncs2)cn1. The maximum absolute atomic E-state index is 12.1. The molecular formula is C16H18N6O2S. The summed E-state index contributed by atoms with van der Waals surface area (Å²) in [5.74, 6) is 1.27. The van der Waals surface area contributed by atoms with Gasteiger partial charge in [-0.15, -0.1) is 10.2 Å². The van der Waals surface area contributed by atoms with Gasteiger partial charge in [-0.05, 0) is 39.3 Å². The maximum Gasteiger partial charge on any atom is 0.259 e. The van der Waals surface area contributed by atoms with Crippen LogP contribution < -0.4 is 10.6 Å². The monoisotopic (exact) mass is 358 g/mol. The average Bonchev–Trinajstić information content (AvgIpc) is 3.20. The van der Waals surface area contributed by atoms with E-state index in [0.717, 1.165) is 23.4 Å². The molecule has 0 aliphatic heterocycles. The van der Waals surface area contributed by atoms with Crippen molar-refractivity contribution in [1.82, 2.24) is 20.3 Å². The first-order valence-electron chi connectivity index (χ1n) is 7.75. The maximum atomic E-state index is 12.1. The van der Waals surface area contributed by atoms with E-state index in [0.29, 0.717) is 16.5 Å². The van der Waals surface area contributed by atoms with Crippen molar-refractivity contribution in [3.8, 4) is 0 Å². The molecule has 0 aliphatic carbocycles. The van der Waals surface area contributed by atoms with E-state index < -0.39 is 0 Å². The Morgan fingerprint density at radius 2 is 2.20 bits per heavy atom. The highest BCUT2D eigenvalue weighted by molar-refractivity contribution is 7.13. The third-order valence-corrected chi connectivity index (χ3v) is 4.30. The van der Waals surface area contributed by atoms with Gasteiger partial charge in [0.25, 0.3) is 5.91 Å². The van der Waals surface area contributed by atoms with Gasteiger partial charge in [-0.1, -0.05) is 16.5 Å². The second-order valence-corrected chi connectivity index (χ2v) is 6.52. The molecule has 0 radical (unpaired) electrons. The minimum atomic E-state index is -0.264. The Morgan fingerprint density at radius 3 is 2.80 bits per heavy atom. The Morgan fingerprint density at radius 1 is 1.36 bits per heavy atom. The summed E-state index contributed by atoms with van der Waals surface area (Å²) in [5.41, 5.74) is 4.02. The highest BCUT2D eigenvalue weighted by Gasteiger charge is 2.14. The van der Waals surface area contributed by atoms with Crippen LogP contribution in [0.3, 0.4) is 0 Å². The van der Waals surface area contributed by atoms with Gasteiger partial charge >= 0.3 is 0 Å². The lowest BCUT2D eigenvalue weighted by Gasteiger charge is -2.14. The minimum Gasteiger partial charge on any atom is -0.367 e. The molecule has 0 saturated heterocycles. The molecule has 130 valence electrons. The molecule has 2 N–H and O–H groups in total. The van der Waals surface area contributed by atoms with Gasteiger partial charge in [0.15, 0.2) is 0 Å². The van der Waals surface area contributed by atoms with Crippen LogP contribution in [-0.2, 0) is 6.42 Å². The van der Waals surface area contributed by atoms with Crippen LogP contribution in [0.2, 0.25) is 0 Å². The normalized spacial score (nSPS) is 12.0. The molecule has 1 unspecified atom stereocenters. The summed E-state index contributed by atoms with van der Waals surface area (Å²) in [5, 5.41) is 17.9. The molecule has 0 aromatic carbocycles. The van der Waals surface area contributed by atoms with Crippen molar-refractivity contribution in [2.24, 2.45) is 0 Å². The van der Waals surface area contributed by atoms with Crippen molar-refractivity contribution in [1.29, 1.82) is 0 Å². The van der Waals surface area contributed by atoms with Gasteiger partial charge in [0.1, 0.15) is 17.1 Å². The lowest BCUT2D eigenvalue weighted by Crippen LogP contribution is -2.20. The van der Waals surface area contributed by atoms with Crippen molar-refractivity contribution < 1.29 is 9.32 Å². The molecule has 8 nitrogen and oxygen atoms in total. The highest BCUT2D eigenvalue weighted by atomic mass is 32.1. The Bertz CT molecular complexity index is 825. The first-order valence-corrected chi connectivity index (χ1v) is 8.62. The predicted octanol–water partition coefficient (Wildman–Crippen LogP) is 2.83. The standard InChI is InChI=1S/C16H18N6O2S/c1-9(6-13-10(2)22-24-11(13)3)19-14-5-4-12(7-17-14)15(23)20-16-21-18-8-25-16/h4-5,7-9H,6H2,1-3H3,(H,17,19)(H,20,21,23). The van der Waals surface area contributed by atoms with Gasteiger partial charge in [0, 0.05) is 17.8 Å². The number of nitrogens with zero attached hydrogens (tertiary/aromatic N) is 4. The number of hydrogen-bond donors (Lipinski definition) is 2. The highest BCUT2D eigenvalue weighted by Crippen LogP contribution is 2.17. The molecule has 25 heavy (non-hydrogen) atoms. The molecule has 3 rings (SSSR count). The average molecular weight is 358 g/mol. The molecule has 1 atom stereocenters. The van der Waals surface area contributed by atoms with E-state index in [1.807, 2.05) is 13.8 Å². The van der Waals surface area contributed by atoms with E-state index in [4.69, 9.17) is 4.52 Å². The number of rotatable bonds is 6. The number of carbonyl (C=O) groups excluding carboxylic acids is 1. The zero-order chi connectivity index (χ0) is 17.8. The van der Waals surface area contributed by atoms with E-state index in [9.17, 15) is 4.79 Å². The second-order valence-electron chi connectivity index (χ2n) is 5.68. The van der Waals surface area contributed by atoms with Crippen molar-refractivity contribution in [2.75, 3.05) is 10.6 Å². The molecular weight excluding hydrogens is 340 g/mol. The molecule has 0 spiro atoms. The van der Waals surface area contributed by atoms with E-state index in [1.165, 1.54) is 17.5 Å². The molecule has 0 aliphatic rings. The largest absolute Gasteiger partial charge is 0.367 e. The number of aromatic nitrogens is 4. The van der Waals surface area contributed by atoms with E-state index >= 15 is 0 Å². The fourth-order valence-electron chi connectivity index (χ4n) is 2.41. The Labute approximate surface area is 148 Å². The van der Waals surface area contributed by atoms with Crippen molar-refractivity contribution in [3.63, 3.8) is 0 Å². The van der Waals surface area contributed by atoms with Crippen molar-refractivity contribution in [3.05, 3.63) is 46.4 Å². The zero-order valence-corrected chi connectivity index (χ0v) is 14.9. The molecule has 0 fully saturated rings. The van der Waals surface area contributed by atoms with Crippen LogP contribution in [0.4, 0.5) is 10.9 Å². The summed E-state index contributed by atoms with van der Waals surface area (Å²) in [7, 11) is 0. The third-order valence-electron chi connectivity index (χ3n) is 3.69. The Balaban J connectivity index is 1.59. The molecule has 9 heteroatoms. The number of nitrogens with one attached hydrogen (secondary N) is 2. The quantitative estimate of drug-likeness (QED) is 0.698. The summed E-state index contributed by atoms with van der Waals surface area (Å²) in [6.07, 6.45) is 2.31. The lowest BCUT2D eigenvalue weighted by atomic mass is 10.1. The predicted molar refractivity (Wildman–Crippen MR) is 94.9 cm³/mol. The van der Waals surface area contributed by atoms with Crippen LogP contribution in [0.25, 0.3) is 0 Å². The van der Waals surface area contributed by atoms with Crippen molar-refractivity contribution >= 4 is 28.2 Å². The van der Waals surface area contributed by atoms with Gasteiger partial charge in [-0.2, -0.15) is 0 Å². The van der Waals surface area contributed by atoms with Crippen LogP contribution in [0, 0.1) is 13.8 Å². The molecule has 3 aromatic heterocycles. The van der Waals surface area contributed by atoms with E-state index in [2.05, 4.69) is 37.9 Å². The number of aryl methyl sites for hydroxylation is 2. The van der Waals surface area contributed by atoms with Gasteiger partial charge in [-0.25, -0.2) is 4.98 Å². The molecule has 0 saturated carbocycles. The summed E-state index contributed by atoms with van der Waals surface area (Å²) < 4.78 is 5.18. The van der Waals surface area contributed by atoms with Gasteiger partial charge in [0.2, 0.25) is 5.13 Å². The fourth-order valence-corrected chi connectivity index (χ4v) is 2.85. The fraction of sp³-hybridized carbons (Fsp3) is 0.312. The second kappa shape index (κ2) is 7.39. The lowest BCUT2D eigenvalue weighted by molar-refractivity contribution is 0.102. The van der Waals surface area contributed by atoms with Crippen LogP contribution in [-0.4, -0.2) is 32.3 Å².